The molecule has 4 nitrogen and oxygen atoms in total. The van der Waals surface area contributed by atoms with Crippen LogP contribution in [0.3, 0.4) is 0 Å². The van der Waals surface area contributed by atoms with Crippen LogP contribution in [-0.2, 0) is 0 Å². The fourth-order valence-electron chi connectivity index (χ4n) is 1.77. The predicted octanol–water partition coefficient (Wildman–Crippen LogP) is 3.29. The first kappa shape index (κ1) is 12.5. The smallest absolute Gasteiger partial charge is 0.352 e. The molecule has 0 aliphatic rings. The Bertz CT molecular complexity index is 557. The van der Waals surface area contributed by atoms with Crippen LogP contribution in [0.15, 0.2) is 24.3 Å². The van der Waals surface area contributed by atoms with Gasteiger partial charge in [0.2, 0.25) is 0 Å². The predicted molar refractivity (Wildman–Crippen MR) is 70.2 cm³/mol. The summed E-state index contributed by atoms with van der Waals surface area (Å²) >= 11 is 0. The molecule has 96 valence electrons. The van der Waals surface area contributed by atoms with Crippen LogP contribution in [0.5, 0.6) is 5.75 Å². The largest absolute Gasteiger partial charge is 0.493 e. The van der Waals surface area contributed by atoms with Crippen LogP contribution in [0, 0.1) is 5.92 Å². The molecular weight excluding hydrogens is 230 g/mol. The third-order valence-electron chi connectivity index (χ3n) is 2.81. The average Bonchev–Trinajstić information content (AvgIpc) is 2.73. The summed E-state index contributed by atoms with van der Waals surface area (Å²) in [5.41, 5.74) is 0.972. The van der Waals surface area contributed by atoms with Gasteiger partial charge >= 0.3 is 5.97 Å². The zero-order valence-corrected chi connectivity index (χ0v) is 10.6. The number of carboxylic acids is 1. The van der Waals surface area contributed by atoms with E-state index in [1.807, 2.05) is 18.2 Å². The van der Waals surface area contributed by atoms with E-state index in [4.69, 9.17) is 9.84 Å². The van der Waals surface area contributed by atoms with E-state index in [9.17, 15) is 4.79 Å². The van der Waals surface area contributed by atoms with Gasteiger partial charge in [-0.2, -0.15) is 0 Å². The third-order valence-corrected chi connectivity index (χ3v) is 2.81. The second-order valence-electron chi connectivity index (χ2n) is 4.74. The van der Waals surface area contributed by atoms with E-state index < -0.39 is 5.97 Å². The molecule has 0 atom stereocenters. The van der Waals surface area contributed by atoms with Crippen molar-refractivity contribution in [3.8, 4) is 5.75 Å². The summed E-state index contributed by atoms with van der Waals surface area (Å²) in [4.78, 5) is 13.8. The summed E-state index contributed by atoms with van der Waals surface area (Å²) in [6, 6.07) is 7.18. The minimum atomic E-state index is -0.959. The Morgan fingerprint density at radius 3 is 2.89 bits per heavy atom. The van der Waals surface area contributed by atoms with Crippen molar-refractivity contribution in [2.45, 2.75) is 20.3 Å². The molecule has 0 radical (unpaired) electrons. The summed E-state index contributed by atoms with van der Waals surface area (Å²) in [6.45, 7) is 4.93. The van der Waals surface area contributed by atoms with Gasteiger partial charge in [-0.25, -0.2) is 4.79 Å². The molecule has 0 bridgehead atoms. The van der Waals surface area contributed by atoms with E-state index >= 15 is 0 Å². The minimum absolute atomic E-state index is 0.185. The van der Waals surface area contributed by atoms with Gasteiger partial charge in [-0.15, -0.1) is 0 Å². The molecular formula is C14H17NO3. The Kier molecular flexibility index (Phi) is 3.55. The SMILES string of the molecule is CC(C)CCOc1cccc2[nH]c(C(=O)O)cc12. The van der Waals surface area contributed by atoms with E-state index in [0.717, 1.165) is 23.1 Å². The highest BCUT2D eigenvalue weighted by Gasteiger charge is 2.10. The molecule has 18 heavy (non-hydrogen) atoms. The van der Waals surface area contributed by atoms with Crippen molar-refractivity contribution >= 4 is 16.9 Å². The van der Waals surface area contributed by atoms with Crippen molar-refractivity contribution in [2.75, 3.05) is 6.61 Å². The molecule has 0 aliphatic heterocycles. The number of aromatic nitrogens is 1. The van der Waals surface area contributed by atoms with E-state index in [-0.39, 0.29) is 5.69 Å². The normalized spacial score (nSPS) is 11.1. The first-order chi connectivity index (χ1) is 8.58. The average molecular weight is 247 g/mol. The molecule has 1 aromatic carbocycles. The summed E-state index contributed by atoms with van der Waals surface area (Å²) in [7, 11) is 0. The van der Waals surface area contributed by atoms with Crippen LogP contribution in [0.1, 0.15) is 30.8 Å². The van der Waals surface area contributed by atoms with E-state index in [0.29, 0.717) is 12.5 Å². The number of ether oxygens (including phenoxy) is 1. The number of carboxylic acid groups (broad SMARTS) is 1. The second kappa shape index (κ2) is 5.12. The number of aromatic amines is 1. The highest BCUT2D eigenvalue weighted by molar-refractivity contribution is 5.96. The Labute approximate surface area is 106 Å². The summed E-state index contributed by atoms with van der Waals surface area (Å²) in [5, 5.41) is 9.77. The fraction of sp³-hybridized carbons (Fsp3) is 0.357. The molecule has 4 heteroatoms. The molecule has 0 saturated carbocycles. The first-order valence-corrected chi connectivity index (χ1v) is 6.05. The van der Waals surface area contributed by atoms with Crippen LogP contribution >= 0.6 is 0 Å². The fourth-order valence-corrected chi connectivity index (χ4v) is 1.77. The lowest BCUT2D eigenvalue weighted by atomic mass is 10.1. The van der Waals surface area contributed by atoms with Gasteiger partial charge in [-0.1, -0.05) is 19.9 Å². The maximum absolute atomic E-state index is 10.9. The molecule has 0 unspecified atom stereocenters. The van der Waals surface area contributed by atoms with Crippen molar-refractivity contribution in [1.82, 2.24) is 4.98 Å². The van der Waals surface area contributed by atoms with Crippen molar-refractivity contribution in [3.05, 3.63) is 30.0 Å². The number of nitrogens with one attached hydrogen (secondary N) is 1. The van der Waals surface area contributed by atoms with Gasteiger partial charge in [0.15, 0.2) is 0 Å². The van der Waals surface area contributed by atoms with E-state index in [2.05, 4.69) is 18.8 Å². The minimum Gasteiger partial charge on any atom is -0.493 e. The maximum Gasteiger partial charge on any atom is 0.352 e. The number of hydrogen-bond donors (Lipinski definition) is 2. The van der Waals surface area contributed by atoms with Gasteiger partial charge in [0.1, 0.15) is 11.4 Å². The lowest BCUT2D eigenvalue weighted by Gasteiger charge is -2.08. The summed E-state index contributed by atoms with van der Waals surface area (Å²) < 4.78 is 5.71. The van der Waals surface area contributed by atoms with Gasteiger partial charge in [-0.3, -0.25) is 0 Å². The molecule has 2 rings (SSSR count). The van der Waals surface area contributed by atoms with Crippen molar-refractivity contribution in [1.29, 1.82) is 0 Å². The van der Waals surface area contributed by atoms with Crippen molar-refractivity contribution in [2.24, 2.45) is 5.92 Å². The van der Waals surface area contributed by atoms with Crippen LogP contribution in [-0.4, -0.2) is 22.7 Å². The summed E-state index contributed by atoms with van der Waals surface area (Å²) in [5.74, 6) is 0.362. The number of carbonyl (C=O) groups is 1. The lowest BCUT2D eigenvalue weighted by molar-refractivity contribution is 0.0691. The lowest BCUT2D eigenvalue weighted by Crippen LogP contribution is -2.01. The first-order valence-electron chi connectivity index (χ1n) is 6.05. The number of rotatable bonds is 5. The Balaban J connectivity index is 2.24. The highest BCUT2D eigenvalue weighted by atomic mass is 16.5. The highest BCUT2D eigenvalue weighted by Crippen LogP contribution is 2.26. The van der Waals surface area contributed by atoms with E-state index in [1.54, 1.807) is 6.07 Å². The van der Waals surface area contributed by atoms with Gasteiger partial charge in [0.25, 0.3) is 0 Å². The van der Waals surface area contributed by atoms with E-state index in [1.165, 1.54) is 0 Å². The van der Waals surface area contributed by atoms with Crippen LogP contribution in [0.25, 0.3) is 10.9 Å². The topological polar surface area (TPSA) is 62.3 Å². The monoisotopic (exact) mass is 247 g/mol. The number of benzene rings is 1. The van der Waals surface area contributed by atoms with Crippen LogP contribution in [0.2, 0.25) is 0 Å². The van der Waals surface area contributed by atoms with Gasteiger partial charge in [0.05, 0.1) is 6.61 Å². The van der Waals surface area contributed by atoms with Crippen molar-refractivity contribution in [3.63, 3.8) is 0 Å². The zero-order valence-electron chi connectivity index (χ0n) is 10.6. The summed E-state index contributed by atoms with van der Waals surface area (Å²) in [6.07, 6.45) is 0.979. The van der Waals surface area contributed by atoms with Gasteiger partial charge in [0, 0.05) is 10.9 Å². The molecule has 0 spiro atoms. The standard InChI is InChI=1S/C14H17NO3/c1-9(2)6-7-18-13-5-3-4-11-10(13)8-12(15-11)14(16)17/h3-5,8-9,15H,6-7H2,1-2H3,(H,16,17). The van der Waals surface area contributed by atoms with Gasteiger partial charge in [-0.05, 0) is 30.5 Å². The molecule has 0 aliphatic carbocycles. The second-order valence-corrected chi connectivity index (χ2v) is 4.74. The molecule has 2 N–H and O–H groups in total. The Morgan fingerprint density at radius 1 is 1.44 bits per heavy atom. The van der Waals surface area contributed by atoms with Crippen molar-refractivity contribution < 1.29 is 14.6 Å². The number of fused-ring (bicyclic) bond motifs is 1. The molecule has 0 amide bonds. The number of hydrogen-bond acceptors (Lipinski definition) is 2. The maximum atomic E-state index is 10.9. The molecule has 0 fully saturated rings. The Hall–Kier alpha value is -1.97. The molecule has 1 heterocycles. The third kappa shape index (κ3) is 2.64. The number of aromatic carboxylic acids is 1. The molecule has 1 aromatic heterocycles. The quantitative estimate of drug-likeness (QED) is 0.852. The number of H-pyrrole nitrogens is 1. The van der Waals surface area contributed by atoms with Crippen LogP contribution in [0.4, 0.5) is 0 Å². The van der Waals surface area contributed by atoms with Crippen LogP contribution < -0.4 is 4.74 Å². The zero-order chi connectivity index (χ0) is 13.1. The van der Waals surface area contributed by atoms with Gasteiger partial charge < -0.3 is 14.8 Å². The Morgan fingerprint density at radius 2 is 2.22 bits per heavy atom. The molecule has 2 aromatic rings. The molecule has 0 saturated heterocycles.